The van der Waals surface area contributed by atoms with E-state index in [2.05, 4.69) is 20.9 Å². The zero-order chi connectivity index (χ0) is 22.0. The van der Waals surface area contributed by atoms with Gasteiger partial charge >= 0.3 is 0 Å². The summed E-state index contributed by atoms with van der Waals surface area (Å²) < 4.78 is 5.36. The molecule has 2 fully saturated rings. The smallest absolute Gasteiger partial charge is 0.268 e. The van der Waals surface area contributed by atoms with E-state index >= 15 is 0 Å². The maximum absolute atomic E-state index is 13.0. The van der Waals surface area contributed by atoms with Gasteiger partial charge in [-0.1, -0.05) is 18.9 Å². The zero-order valence-electron chi connectivity index (χ0n) is 18.0. The lowest BCUT2D eigenvalue weighted by Gasteiger charge is -2.22. The van der Waals surface area contributed by atoms with E-state index in [0.717, 1.165) is 30.2 Å². The molecule has 2 heterocycles. The predicted octanol–water partition coefficient (Wildman–Crippen LogP) is 2.11. The monoisotopic (exact) mass is 426 g/mol. The average molecular weight is 427 g/mol. The minimum Gasteiger partial charge on any atom is -0.496 e. The zero-order valence-corrected chi connectivity index (χ0v) is 18.0. The second kappa shape index (κ2) is 8.99. The first-order valence-corrected chi connectivity index (χ1v) is 11.0. The lowest BCUT2D eigenvalue weighted by molar-refractivity contribution is -0.125. The summed E-state index contributed by atoms with van der Waals surface area (Å²) in [5.74, 6) is 0.632. The fourth-order valence-corrected chi connectivity index (χ4v) is 4.28. The van der Waals surface area contributed by atoms with Crippen LogP contribution in [0.5, 0.6) is 5.75 Å². The molecule has 8 nitrogen and oxygen atoms in total. The van der Waals surface area contributed by atoms with Gasteiger partial charge in [-0.3, -0.25) is 14.4 Å². The number of ether oxygens (including phenoxy) is 1. The van der Waals surface area contributed by atoms with Crippen molar-refractivity contribution in [2.45, 2.75) is 51.1 Å². The van der Waals surface area contributed by atoms with Gasteiger partial charge in [-0.15, -0.1) is 0 Å². The highest BCUT2D eigenvalue weighted by Gasteiger charge is 2.32. The van der Waals surface area contributed by atoms with Gasteiger partial charge in [0.05, 0.1) is 7.11 Å². The molecule has 3 amide bonds. The van der Waals surface area contributed by atoms with Crippen LogP contribution in [0.3, 0.4) is 0 Å². The van der Waals surface area contributed by atoms with E-state index in [0.29, 0.717) is 36.7 Å². The number of rotatable bonds is 9. The fraction of sp³-hybridized carbons (Fsp3) is 0.522. The molecule has 8 heteroatoms. The molecule has 0 spiro atoms. The molecule has 1 aromatic carbocycles. The van der Waals surface area contributed by atoms with Crippen LogP contribution in [0.25, 0.3) is 10.9 Å². The van der Waals surface area contributed by atoms with Gasteiger partial charge in [-0.2, -0.15) is 0 Å². The Balaban J connectivity index is 1.42. The summed E-state index contributed by atoms with van der Waals surface area (Å²) >= 11 is 0. The number of benzene rings is 1. The Morgan fingerprint density at radius 2 is 2.00 bits per heavy atom. The number of methoxy groups -OCH3 is 1. The molecular formula is C23H30N4O4. The third-order valence-electron chi connectivity index (χ3n) is 6.17. The van der Waals surface area contributed by atoms with E-state index in [4.69, 9.17) is 4.74 Å². The molecule has 3 atom stereocenters. The molecule has 4 rings (SSSR count). The summed E-state index contributed by atoms with van der Waals surface area (Å²) in [6.45, 7) is 2.60. The summed E-state index contributed by atoms with van der Waals surface area (Å²) in [6, 6.07) is 6.58. The molecule has 0 radical (unpaired) electrons. The Bertz CT molecular complexity index is 981. The molecule has 1 aliphatic heterocycles. The van der Waals surface area contributed by atoms with Crippen LogP contribution in [0.2, 0.25) is 0 Å². The van der Waals surface area contributed by atoms with Gasteiger partial charge in [0.2, 0.25) is 11.8 Å². The topological polar surface area (TPSA) is 112 Å². The molecular weight excluding hydrogens is 396 g/mol. The lowest BCUT2D eigenvalue weighted by Crippen LogP contribution is -2.49. The van der Waals surface area contributed by atoms with Crippen molar-refractivity contribution in [2.24, 2.45) is 11.8 Å². The normalized spacial score (nSPS) is 20.2. The second-order valence-electron chi connectivity index (χ2n) is 8.73. The Hall–Kier alpha value is -3.03. The standard InChI is InChI=1S/C23H30N4O4/c1-13(10-15-8-9-24-21(15)28)25-22(29)18(11-14-6-7-14)27-23(30)19-12-16-17(26-19)4-3-5-20(16)31-2/h3-5,12-15,18,26H,6-11H2,1-2H3,(H,24,28)(H,25,29)(H,27,30). The summed E-state index contributed by atoms with van der Waals surface area (Å²) in [5, 5.41) is 9.56. The summed E-state index contributed by atoms with van der Waals surface area (Å²) in [4.78, 5) is 40.8. The molecule has 0 bridgehead atoms. The Kier molecular flexibility index (Phi) is 6.15. The minimum absolute atomic E-state index is 0.0539. The Morgan fingerprint density at radius 3 is 2.68 bits per heavy atom. The number of aromatic nitrogens is 1. The van der Waals surface area contributed by atoms with E-state index < -0.39 is 6.04 Å². The van der Waals surface area contributed by atoms with Gasteiger partial charge in [-0.25, -0.2) is 0 Å². The minimum atomic E-state index is -0.604. The van der Waals surface area contributed by atoms with E-state index in [1.165, 1.54) is 0 Å². The molecule has 1 saturated carbocycles. The quantitative estimate of drug-likeness (QED) is 0.492. The van der Waals surface area contributed by atoms with Crippen LogP contribution >= 0.6 is 0 Å². The van der Waals surface area contributed by atoms with Gasteiger partial charge in [0.15, 0.2) is 0 Å². The number of fused-ring (bicyclic) bond motifs is 1. The first-order chi connectivity index (χ1) is 14.9. The number of carbonyl (C=O) groups excluding carboxylic acids is 3. The highest BCUT2D eigenvalue weighted by atomic mass is 16.5. The van der Waals surface area contributed by atoms with Gasteiger partial charge in [0.25, 0.3) is 5.91 Å². The predicted molar refractivity (Wildman–Crippen MR) is 117 cm³/mol. The molecule has 1 aromatic heterocycles. The molecule has 31 heavy (non-hydrogen) atoms. The van der Waals surface area contributed by atoms with Crippen LogP contribution in [0.1, 0.15) is 49.5 Å². The molecule has 2 aliphatic rings. The number of carbonyl (C=O) groups is 3. The summed E-state index contributed by atoms with van der Waals surface area (Å²) in [7, 11) is 1.59. The van der Waals surface area contributed by atoms with Crippen LogP contribution in [-0.2, 0) is 9.59 Å². The van der Waals surface area contributed by atoms with Crippen LogP contribution in [0, 0.1) is 11.8 Å². The van der Waals surface area contributed by atoms with Crippen molar-refractivity contribution < 1.29 is 19.1 Å². The van der Waals surface area contributed by atoms with Crippen LogP contribution in [0.15, 0.2) is 24.3 Å². The van der Waals surface area contributed by atoms with Crippen LogP contribution in [0.4, 0.5) is 0 Å². The van der Waals surface area contributed by atoms with Gasteiger partial charge in [-0.05, 0) is 50.3 Å². The number of H-pyrrole nitrogens is 1. The van der Waals surface area contributed by atoms with Gasteiger partial charge in [0, 0.05) is 29.4 Å². The van der Waals surface area contributed by atoms with E-state index in [1.54, 1.807) is 13.2 Å². The molecule has 3 unspecified atom stereocenters. The fourth-order valence-electron chi connectivity index (χ4n) is 4.28. The van der Waals surface area contributed by atoms with Gasteiger partial charge in [0.1, 0.15) is 17.5 Å². The van der Waals surface area contributed by atoms with Crippen LogP contribution < -0.4 is 20.7 Å². The summed E-state index contributed by atoms with van der Waals surface area (Å²) in [6.07, 6.45) is 4.19. The Morgan fingerprint density at radius 1 is 1.19 bits per heavy atom. The number of nitrogens with one attached hydrogen (secondary N) is 4. The average Bonchev–Trinajstić information content (AvgIpc) is 3.30. The highest BCUT2D eigenvalue weighted by Crippen LogP contribution is 2.34. The molecule has 166 valence electrons. The van der Waals surface area contributed by atoms with E-state index in [9.17, 15) is 14.4 Å². The largest absolute Gasteiger partial charge is 0.496 e. The van der Waals surface area contributed by atoms with Crippen molar-refractivity contribution in [3.63, 3.8) is 0 Å². The van der Waals surface area contributed by atoms with Crippen molar-refractivity contribution in [1.82, 2.24) is 20.9 Å². The second-order valence-corrected chi connectivity index (χ2v) is 8.73. The highest BCUT2D eigenvalue weighted by molar-refractivity contribution is 6.01. The first-order valence-electron chi connectivity index (χ1n) is 11.0. The Labute approximate surface area is 181 Å². The van der Waals surface area contributed by atoms with Crippen LogP contribution in [-0.4, -0.2) is 48.4 Å². The number of amides is 3. The third-order valence-corrected chi connectivity index (χ3v) is 6.17. The van der Waals surface area contributed by atoms with Gasteiger partial charge < -0.3 is 25.7 Å². The maximum Gasteiger partial charge on any atom is 0.268 e. The van der Waals surface area contributed by atoms with Crippen molar-refractivity contribution in [2.75, 3.05) is 13.7 Å². The maximum atomic E-state index is 13.0. The number of hydrogen-bond acceptors (Lipinski definition) is 4. The van der Waals surface area contributed by atoms with E-state index in [1.807, 2.05) is 25.1 Å². The lowest BCUT2D eigenvalue weighted by atomic mass is 9.99. The molecule has 2 aromatic rings. The molecule has 1 saturated heterocycles. The van der Waals surface area contributed by atoms with Crippen molar-refractivity contribution in [3.8, 4) is 5.75 Å². The van der Waals surface area contributed by atoms with Crippen molar-refractivity contribution >= 4 is 28.6 Å². The molecule has 1 aliphatic carbocycles. The van der Waals surface area contributed by atoms with Crippen molar-refractivity contribution in [1.29, 1.82) is 0 Å². The first kappa shape index (κ1) is 21.2. The summed E-state index contributed by atoms with van der Waals surface area (Å²) in [5.41, 5.74) is 1.19. The molecule has 4 N–H and O–H groups in total. The third kappa shape index (κ3) is 5.00. The van der Waals surface area contributed by atoms with Crippen molar-refractivity contribution in [3.05, 3.63) is 30.0 Å². The number of hydrogen-bond donors (Lipinski definition) is 4. The number of aromatic amines is 1. The van der Waals surface area contributed by atoms with E-state index in [-0.39, 0.29) is 29.7 Å². The SMILES string of the molecule is COc1cccc2[nH]c(C(=O)NC(CC3CC3)C(=O)NC(C)CC3CCNC3=O)cc12.